The third kappa shape index (κ3) is 3.75. The highest BCUT2D eigenvalue weighted by atomic mass is 16.2. The zero-order valence-electron chi connectivity index (χ0n) is 15.5. The highest BCUT2D eigenvalue weighted by molar-refractivity contribution is 5.95. The number of hydrogen-bond acceptors (Lipinski definition) is 2. The quantitative estimate of drug-likeness (QED) is 0.789. The number of aryl methyl sites for hydroxylation is 1. The molecule has 136 valence electrons. The first kappa shape index (κ1) is 17.1. The number of nitrogens with one attached hydrogen (secondary N) is 2. The molecule has 0 unspecified atom stereocenters. The van der Waals surface area contributed by atoms with Gasteiger partial charge in [0.05, 0.1) is 31.0 Å². The smallest absolute Gasteiger partial charge is 0.279 e. The zero-order chi connectivity index (χ0) is 18.0. The lowest BCUT2D eigenvalue weighted by molar-refractivity contribution is -0.935. The summed E-state index contributed by atoms with van der Waals surface area (Å²) in [5, 5.41) is 6.57. The highest BCUT2D eigenvalue weighted by Gasteiger charge is 2.40. The number of amides is 1. The Bertz CT molecular complexity index is 762. The number of quaternary nitrogens is 1. The lowest BCUT2D eigenvalue weighted by Crippen LogP contribution is -2.60. The van der Waals surface area contributed by atoms with E-state index >= 15 is 0 Å². The first-order valence-corrected chi connectivity index (χ1v) is 9.70. The lowest BCUT2D eigenvalue weighted by atomic mass is 9.86. The zero-order valence-corrected chi connectivity index (χ0v) is 15.5. The van der Waals surface area contributed by atoms with E-state index in [0.717, 1.165) is 27.5 Å². The van der Waals surface area contributed by atoms with E-state index in [4.69, 9.17) is 0 Å². The number of nitrogens with zero attached hydrogens (tertiary/aromatic N) is 1. The van der Waals surface area contributed by atoms with Crippen molar-refractivity contribution in [2.45, 2.75) is 26.2 Å². The molecule has 2 N–H and O–H groups in total. The molecule has 5 rings (SSSR count). The van der Waals surface area contributed by atoms with E-state index in [0.29, 0.717) is 6.54 Å². The predicted octanol–water partition coefficient (Wildman–Crippen LogP) is 4.31. The second-order valence-corrected chi connectivity index (χ2v) is 7.99. The summed E-state index contributed by atoms with van der Waals surface area (Å²) in [7, 11) is 0. The van der Waals surface area contributed by atoms with Crippen molar-refractivity contribution < 1.29 is 9.28 Å². The van der Waals surface area contributed by atoms with Crippen LogP contribution in [0, 0.1) is 12.8 Å². The van der Waals surface area contributed by atoms with Crippen LogP contribution in [0.4, 0.5) is 17.1 Å². The van der Waals surface area contributed by atoms with Crippen molar-refractivity contribution in [1.29, 1.82) is 0 Å². The summed E-state index contributed by atoms with van der Waals surface area (Å²) in [5.74, 6) is 1.04. The van der Waals surface area contributed by atoms with E-state index in [1.54, 1.807) is 0 Å². The normalized spacial score (nSPS) is 24.3. The van der Waals surface area contributed by atoms with Crippen molar-refractivity contribution in [2.75, 3.05) is 36.8 Å². The van der Waals surface area contributed by atoms with Crippen molar-refractivity contribution >= 4 is 23.0 Å². The Labute approximate surface area is 155 Å². The van der Waals surface area contributed by atoms with Gasteiger partial charge in [-0.15, -0.1) is 0 Å². The van der Waals surface area contributed by atoms with Crippen molar-refractivity contribution in [3.05, 3.63) is 54.1 Å². The second kappa shape index (κ2) is 7.12. The van der Waals surface area contributed by atoms with Gasteiger partial charge in [0.1, 0.15) is 0 Å². The Morgan fingerprint density at radius 3 is 2.23 bits per heavy atom. The van der Waals surface area contributed by atoms with E-state index in [-0.39, 0.29) is 5.91 Å². The summed E-state index contributed by atoms with van der Waals surface area (Å²) in [5.41, 5.74) is 4.04. The number of carbonyl (C=O) groups is 1. The van der Waals surface area contributed by atoms with Crippen LogP contribution in [0.3, 0.4) is 0 Å². The Kier molecular flexibility index (Phi) is 4.68. The lowest BCUT2D eigenvalue weighted by Gasteiger charge is -2.48. The van der Waals surface area contributed by atoms with Crippen molar-refractivity contribution in [3.8, 4) is 0 Å². The number of para-hydroxylation sites is 2. The number of piperidine rings is 3. The standard InChI is InChI=1S/C22H27N3O/c1-17-6-8-19(9-7-17)23-20-4-2-3-5-21(20)24-22(26)16-25-13-10-18(11-14-25)12-15-25/h2-9,18,23H,10-16H2,1H3/p+1. The molecule has 0 atom stereocenters. The van der Waals surface area contributed by atoms with Gasteiger partial charge in [0.15, 0.2) is 6.54 Å². The molecule has 0 aliphatic carbocycles. The van der Waals surface area contributed by atoms with E-state index in [1.165, 1.54) is 44.5 Å². The Hall–Kier alpha value is -2.33. The minimum absolute atomic E-state index is 0.128. The first-order chi connectivity index (χ1) is 12.6. The second-order valence-electron chi connectivity index (χ2n) is 7.99. The van der Waals surface area contributed by atoms with Gasteiger partial charge in [-0.1, -0.05) is 29.8 Å². The molecule has 0 aromatic heterocycles. The van der Waals surface area contributed by atoms with Crippen LogP contribution in [0.15, 0.2) is 48.5 Å². The fourth-order valence-electron chi connectivity index (χ4n) is 4.36. The van der Waals surface area contributed by atoms with Gasteiger partial charge in [-0.25, -0.2) is 0 Å². The third-order valence-corrected chi connectivity index (χ3v) is 6.05. The van der Waals surface area contributed by atoms with Crippen molar-refractivity contribution in [3.63, 3.8) is 0 Å². The SMILES string of the molecule is Cc1ccc(Nc2ccccc2NC(=O)C[N+]23CCC(CC2)CC3)cc1. The molecule has 0 radical (unpaired) electrons. The minimum atomic E-state index is 0.128. The summed E-state index contributed by atoms with van der Waals surface area (Å²) >= 11 is 0. The van der Waals surface area contributed by atoms with Gasteiger partial charge in [-0.2, -0.15) is 0 Å². The maximum absolute atomic E-state index is 12.8. The van der Waals surface area contributed by atoms with Gasteiger partial charge in [0.25, 0.3) is 5.91 Å². The van der Waals surface area contributed by atoms with E-state index in [9.17, 15) is 4.79 Å². The van der Waals surface area contributed by atoms with Crippen LogP contribution in [0.5, 0.6) is 0 Å². The minimum Gasteiger partial charge on any atom is -0.354 e. The van der Waals surface area contributed by atoms with Crippen LogP contribution in [-0.4, -0.2) is 36.6 Å². The molecular weight excluding hydrogens is 322 g/mol. The molecule has 2 aromatic rings. The molecule has 0 spiro atoms. The van der Waals surface area contributed by atoms with Gasteiger partial charge in [-0.3, -0.25) is 4.79 Å². The topological polar surface area (TPSA) is 41.1 Å². The van der Waals surface area contributed by atoms with Crippen molar-refractivity contribution in [1.82, 2.24) is 0 Å². The van der Waals surface area contributed by atoms with Gasteiger partial charge < -0.3 is 15.1 Å². The predicted molar refractivity (Wildman–Crippen MR) is 107 cm³/mol. The van der Waals surface area contributed by atoms with Crippen LogP contribution < -0.4 is 10.6 Å². The van der Waals surface area contributed by atoms with Gasteiger partial charge in [0.2, 0.25) is 0 Å². The maximum atomic E-state index is 12.8. The number of hydrogen-bond donors (Lipinski definition) is 2. The number of benzene rings is 2. The van der Waals surface area contributed by atoms with E-state index in [2.05, 4.69) is 41.8 Å². The molecule has 2 bridgehead atoms. The molecule has 26 heavy (non-hydrogen) atoms. The van der Waals surface area contributed by atoms with E-state index < -0.39 is 0 Å². The molecule has 3 aliphatic rings. The average molecular weight is 350 g/mol. The molecule has 3 saturated heterocycles. The monoisotopic (exact) mass is 350 g/mol. The van der Waals surface area contributed by atoms with Crippen molar-refractivity contribution in [2.24, 2.45) is 5.92 Å². The average Bonchev–Trinajstić information content (AvgIpc) is 2.66. The third-order valence-electron chi connectivity index (χ3n) is 6.05. The number of rotatable bonds is 5. The van der Waals surface area contributed by atoms with E-state index in [1.807, 2.05) is 24.3 Å². The summed E-state index contributed by atoms with van der Waals surface area (Å²) in [6.45, 7) is 6.18. The van der Waals surface area contributed by atoms with Gasteiger partial charge in [0, 0.05) is 5.69 Å². The maximum Gasteiger partial charge on any atom is 0.279 e. The molecule has 1 amide bonds. The summed E-state index contributed by atoms with van der Waals surface area (Å²) < 4.78 is 0.982. The van der Waals surface area contributed by atoms with Crippen LogP contribution >= 0.6 is 0 Å². The van der Waals surface area contributed by atoms with Gasteiger partial charge >= 0.3 is 0 Å². The fraction of sp³-hybridized carbons (Fsp3) is 0.409. The Morgan fingerprint density at radius 2 is 1.58 bits per heavy atom. The number of anilines is 3. The molecule has 3 fully saturated rings. The first-order valence-electron chi connectivity index (χ1n) is 9.70. The highest BCUT2D eigenvalue weighted by Crippen LogP contribution is 2.33. The fourth-order valence-corrected chi connectivity index (χ4v) is 4.36. The molecule has 3 heterocycles. The summed E-state index contributed by atoms with van der Waals surface area (Å²) in [6, 6.07) is 16.2. The summed E-state index contributed by atoms with van der Waals surface area (Å²) in [4.78, 5) is 12.8. The largest absolute Gasteiger partial charge is 0.354 e. The molecule has 2 aromatic carbocycles. The molecule has 3 aliphatic heterocycles. The van der Waals surface area contributed by atoms with Crippen LogP contribution in [0.1, 0.15) is 24.8 Å². The number of carbonyl (C=O) groups excluding carboxylic acids is 1. The van der Waals surface area contributed by atoms with Crippen LogP contribution in [0.2, 0.25) is 0 Å². The van der Waals surface area contributed by atoms with Crippen LogP contribution in [-0.2, 0) is 4.79 Å². The molecule has 0 saturated carbocycles. The van der Waals surface area contributed by atoms with Gasteiger partial charge in [-0.05, 0) is 56.4 Å². The summed E-state index contributed by atoms with van der Waals surface area (Å²) in [6.07, 6.45) is 3.87. The Morgan fingerprint density at radius 1 is 0.962 bits per heavy atom. The van der Waals surface area contributed by atoms with Crippen LogP contribution in [0.25, 0.3) is 0 Å². The Balaban J connectivity index is 1.44. The molecular formula is C22H28N3O+. The molecule has 4 nitrogen and oxygen atoms in total. The molecule has 4 heteroatoms. The number of fused-ring (bicyclic) bond motifs is 3.